The van der Waals surface area contributed by atoms with Gasteiger partial charge in [0.1, 0.15) is 28.0 Å². The first-order chi connectivity index (χ1) is 36.1. The Morgan fingerprint density at radius 1 is 0.610 bits per heavy atom. The summed E-state index contributed by atoms with van der Waals surface area (Å²) >= 11 is 0. The zero-order valence-corrected chi connectivity index (χ0v) is 44.1. The molecule has 412 valence electrons. The van der Waals surface area contributed by atoms with Gasteiger partial charge in [0.2, 0.25) is 0 Å². The Bertz CT molecular complexity index is 3360. The lowest BCUT2D eigenvalue weighted by atomic mass is 9.58. The highest BCUT2D eigenvalue weighted by Crippen LogP contribution is 2.79. The second-order valence-electron chi connectivity index (χ2n) is 21.6. The third-order valence-electron chi connectivity index (χ3n) is 18.0. The predicted molar refractivity (Wildman–Crippen MR) is 265 cm³/mol. The molecule has 2 fully saturated rings. The molecule has 10 rings (SSSR count). The van der Waals surface area contributed by atoms with E-state index in [9.17, 15) is 29.7 Å². The highest BCUT2D eigenvalue weighted by atomic mass is 32.2. The summed E-state index contributed by atoms with van der Waals surface area (Å²) in [5, 5.41) is 31.4. The first kappa shape index (κ1) is 54.9. The second kappa shape index (κ2) is 18.3. The maximum Gasteiger partial charge on any atom is 0.380 e. The normalized spacial score (nSPS) is 35.4. The number of benzene rings is 4. The number of aliphatic hydroxyl groups is 3. The number of methoxy groups -OCH3 is 1. The van der Waals surface area contributed by atoms with E-state index in [1.54, 1.807) is 20.8 Å². The molecule has 4 aromatic carbocycles. The summed E-state index contributed by atoms with van der Waals surface area (Å²) < 4.78 is 173. The van der Waals surface area contributed by atoms with Gasteiger partial charge in [-0.1, -0.05) is 83.1 Å². The number of aldehydes is 1. The minimum absolute atomic E-state index is 0.000796. The van der Waals surface area contributed by atoms with E-state index in [-0.39, 0.29) is 52.1 Å². The molecule has 77 heavy (non-hydrogen) atoms. The minimum Gasteiger partial charge on any atom is -0.458 e. The van der Waals surface area contributed by atoms with Gasteiger partial charge in [0.15, 0.2) is 19.7 Å². The molecule has 0 amide bonds. The molecule has 0 radical (unpaired) electrons. The fraction of sp³-hybridized carbons (Fsp3) is 0.482. The summed E-state index contributed by atoms with van der Waals surface area (Å²) in [6.07, 6.45) is -6.41. The Hall–Kier alpha value is -5.45. The van der Waals surface area contributed by atoms with Gasteiger partial charge in [-0.15, -0.1) is 0 Å². The van der Waals surface area contributed by atoms with Crippen molar-refractivity contribution in [2.24, 2.45) is 23.7 Å². The van der Waals surface area contributed by atoms with Gasteiger partial charge in [0.05, 0.1) is 45.3 Å². The van der Waals surface area contributed by atoms with Gasteiger partial charge in [-0.25, -0.2) is 26.4 Å². The van der Waals surface area contributed by atoms with Crippen molar-refractivity contribution in [3.8, 4) is 22.3 Å². The number of hydrogen-bond acceptors (Lipinski definition) is 13. The van der Waals surface area contributed by atoms with E-state index >= 15 is 43.2 Å². The van der Waals surface area contributed by atoms with E-state index in [2.05, 4.69) is 0 Å². The van der Waals surface area contributed by atoms with E-state index in [1.807, 2.05) is 0 Å². The fourth-order valence-corrected chi connectivity index (χ4v) is 20.6. The van der Waals surface area contributed by atoms with Gasteiger partial charge in [-0.05, 0) is 95.0 Å². The molecule has 0 saturated heterocycles. The van der Waals surface area contributed by atoms with E-state index in [1.165, 1.54) is 81.6 Å². The van der Waals surface area contributed by atoms with Gasteiger partial charge in [-0.2, -0.15) is 26.3 Å². The maximum atomic E-state index is 16.8. The number of esters is 2. The minimum atomic E-state index is -6.14. The van der Waals surface area contributed by atoms with Crippen LogP contribution in [0.4, 0.5) is 26.3 Å². The fourth-order valence-electron chi connectivity index (χ4n) is 14.3. The topological polar surface area (TPSA) is 208 Å². The van der Waals surface area contributed by atoms with Gasteiger partial charge in [-0.3, -0.25) is 0 Å². The van der Waals surface area contributed by atoms with Gasteiger partial charge < -0.3 is 34.3 Å². The Labute approximate surface area is 440 Å². The van der Waals surface area contributed by atoms with Crippen LogP contribution in [0.15, 0.2) is 106 Å². The number of rotatable bonds is 10. The largest absolute Gasteiger partial charge is 0.458 e. The number of fused-ring (bicyclic) bond motifs is 9. The van der Waals surface area contributed by atoms with Gasteiger partial charge >= 0.3 is 29.7 Å². The molecule has 3 N–H and O–H groups in total. The lowest BCUT2D eigenvalue weighted by Crippen LogP contribution is -2.67. The predicted octanol–water partition coefficient (Wildman–Crippen LogP) is 8.67. The zero-order valence-electron chi connectivity index (χ0n) is 42.4. The van der Waals surface area contributed by atoms with Gasteiger partial charge in [0, 0.05) is 54.3 Å². The van der Waals surface area contributed by atoms with Crippen molar-refractivity contribution in [1.29, 1.82) is 0 Å². The van der Waals surface area contributed by atoms with Crippen molar-refractivity contribution in [1.82, 2.24) is 0 Å². The van der Waals surface area contributed by atoms with Crippen molar-refractivity contribution in [2.45, 2.75) is 146 Å². The summed E-state index contributed by atoms with van der Waals surface area (Å²) in [6, 6.07) is 17.7. The van der Waals surface area contributed by atoms with Crippen LogP contribution in [0.2, 0.25) is 0 Å². The van der Waals surface area contributed by atoms with Crippen LogP contribution < -0.4 is 0 Å². The van der Waals surface area contributed by atoms with Crippen molar-refractivity contribution in [3.63, 3.8) is 0 Å². The van der Waals surface area contributed by atoms with Crippen molar-refractivity contribution >= 4 is 37.9 Å². The first-order valence-electron chi connectivity index (χ1n) is 25.4. The molecule has 13 nitrogen and oxygen atoms in total. The van der Waals surface area contributed by atoms with Crippen LogP contribution in [0.3, 0.4) is 0 Å². The SMILES string of the molecule is CCC12C(C3=C(C4c5ccc(-c6ccc(C(=O)O[C@@H]7[C@H](C)C[C@H](O)C[C@@H]7O)cc6)cc5S(=O)(=O)C41CC)C(F)(F)C(F)(F)C3(F)F)c1ccc(-c3ccc(C(=O)O[C@H]4[C@H](C)[C@@H](O)[C@H](OC)[C@@H](C=O)[C@@H]4C)cc3)cc1S2(=O)=O. The highest BCUT2D eigenvalue weighted by molar-refractivity contribution is 7.97. The Morgan fingerprint density at radius 2 is 1.03 bits per heavy atom. The summed E-state index contributed by atoms with van der Waals surface area (Å²) in [7, 11) is -9.29. The van der Waals surface area contributed by atoms with Crippen LogP contribution in [0.25, 0.3) is 22.3 Å². The van der Waals surface area contributed by atoms with Crippen molar-refractivity contribution < 1.29 is 87.1 Å². The van der Waals surface area contributed by atoms with Gasteiger partial charge in [0.25, 0.3) is 0 Å². The van der Waals surface area contributed by atoms with Crippen LogP contribution in [-0.2, 0) is 38.7 Å². The Morgan fingerprint density at radius 3 is 1.42 bits per heavy atom. The average molecular weight is 1120 g/mol. The van der Waals surface area contributed by atoms with E-state index < -0.39 is 170 Å². The molecule has 4 aliphatic carbocycles. The number of aliphatic hydroxyl groups excluding tert-OH is 3. The lowest BCUT2D eigenvalue weighted by Gasteiger charge is -2.54. The third-order valence-corrected chi connectivity index (χ3v) is 23.7. The molecule has 6 aliphatic rings. The molecule has 21 heteroatoms. The third kappa shape index (κ3) is 7.14. The van der Waals surface area contributed by atoms with E-state index in [4.69, 9.17) is 14.2 Å². The van der Waals surface area contributed by atoms with Crippen LogP contribution in [0.5, 0.6) is 0 Å². The molecular formula is C56H56F6O13S2. The zero-order chi connectivity index (χ0) is 56.1. The number of carbonyl (C=O) groups excluding carboxylic acids is 3. The first-order valence-corrected chi connectivity index (χ1v) is 28.4. The van der Waals surface area contributed by atoms with Crippen LogP contribution >= 0.6 is 0 Å². The Balaban J connectivity index is 1.04. The molecule has 2 aliphatic heterocycles. The smallest absolute Gasteiger partial charge is 0.380 e. The summed E-state index contributed by atoms with van der Waals surface area (Å²) in [5.41, 5.74) is -4.14. The quantitative estimate of drug-likeness (QED) is 0.0589. The van der Waals surface area contributed by atoms with E-state index in [0.717, 1.165) is 24.3 Å². The lowest BCUT2D eigenvalue weighted by molar-refractivity contribution is -0.266. The standard InChI is InChI=1S/C56H56F6O13S2/c1-7-52-42(36-19-17-33(22-40(36)76(52,69)70)29-9-13-31(14-10-29)50(67)74-47-26(3)21-35(64)24-39(47)65)44-45(55(59,60)56(61,62)54(44,57)58)43-37-20-18-34(23-41(37)77(71,72)53(43,52)8-2)30-11-15-32(16-12-30)51(68)75-48-27(4)38(25-63)49(73-6)46(66)28(48)5/h9-20,22-23,25-28,35,38-39,42-43,46-49,64-66H,7-8,21,24H2,1-6H3/t26-,27+,28-,35+,38+,39+,42?,43?,46-,47-,48-,49-,52?,53?/m1/s1. The molecule has 4 aromatic rings. The molecule has 0 bridgehead atoms. The number of sulfone groups is 2. The number of hydrogen-bond donors (Lipinski definition) is 3. The Kier molecular flexibility index (Phi) is 13.0. The van der Waals surface area contributed by atoms with Crippen LogP contribution in [-0.4, -0.2) is 121 Å². The van der Waals surface area contributed by atoms with Crippen molar-refractivity contribution in [3.05, 3.63) is 118 Å². The highest BCUT2D eigenvalue weighted by Gasteiger charge is 2.90. The molecule has 0 spiro atoms. The summed E-state index contributed by atoms with van der Waals surface area (Å²) in [5.74, 6) is -26.6. The molecular weight excluding hydrogens is 1060 g/mol. The van der Waals surface area contributed by atoms with Crippen molar-refractivity contribution in [2.75, 3.05) is 7.11 Å². The van der Waals surface area contributed by atoms with E-state index in [0.29, 0.717) is 6.29 Å². The average Bonchev–Trinajstić information content (AvgIpc) is 2.48. The number of allylic oxidation sites excluding steroid dienone is 2. The molecule has 14 atom stereocenters. The monoisotopic (exact) mass is 1110 g/mol. The number of carbonyl (C=O) groups is 3. The van der Waals surface area contributed by atoms with Crippen LogP contribution in [0, 0.1) is 23.7 Å². The number of ether oxygens (including phenoxy) is 3. The summed E-state index contributed by atoms with van der Waals surface area (Å²) in [4.78, 5) is 37.3. The molecule has 2 saturated carbocycles. The molecule has 0 aromatic heterocycles. The molecule has 2 heterocycles. The summed E-state index contributed by atoms with van der Waals surface area (Å²) in [6.45, 7) is 7.45. The number of halogens is 6. The number of alkyl halides is 6. The van der Waals surface area contributed by atoms with Crippen LogP contribution in [0.1, 0.15) is 104 Å². The second-order valence-corrected chi connectivity index (χ2v) is 26.0. The maximum absolute atomic E-state index is 16.8. The molecule has 4 unspecified atom stereocenters.